The first kappa shape index (κ1) is 14.3. The molecular weight excluding hydrogens is 290 g/mol. The van der Waals surface area contributed by atoms with E-state index in [0.717, 1.165) is 23.5 Å². The van der Waals surface area contributed by atoms with Crippen LogP contribution in [-0.2, 0) is 6.54 Å². The fraction of sp³-hybridized carbons (Fsp3) is 0.500. The molecule has 20 heavy (non-hydrogen) atoms. The van der Waals surface area contributed by atoms with E-state index in [2.05, 4.69) is 23.1 Å². The van der Waals surface area contributed by atoms with Crippen LogP contribution in [0.1, 0.15) is 30.6 Å². The highest BCUT2D eigenvalue weighted by Gasteiger charge is 2.23. The third-order valence-corrected chi connectivity index (χ3v) is 5.88. The summed E-state index contributed by atoms with van der Waals surface area (Å²) in [5, 5.41) is 11.4. The number of fused-ring (bicyclic) bond motifs is 1. The van der Waals surface area contributed by atoms with E-state index in [1.807, 2.05) is 6.07 Å². The summed E-state index contributed by atoms with van der Waals surface area (Å²) < 4.78 is 1.25. The Hall–Kier alpha value is -0.610. The zero-order chi connectivity index (χ0) is 13.9. The van der Waals surface area contributed by atoms with E-state index in [1.165, 1.54) is 35.3 Å². The highest BCUT2D eigenvalue weighted by molar-refractivity contribution is 7.19. The Labute approximate surface area is 129 Å². The third kappa shape index (κ3) is 2.86. The van der Waals surface area contributed by atoms with Crippen molar-refractivity contribution >= 4 is 33.0 Å². The second-order valence-corrected chi connectivity index (χ2v) is 6.98. The summed E-state index contributed by atoms with van der Waals surface area (Å²) in [5.41, 5.74) is 0. The molecule has 4 heteroatoms. The van der Waals surface area contributed by atoms with Crippen molar-refractivity contribution in [3.63, 3.8) is 0 Å². The minimum Gasteiger partial charge on any atom is -0.395 e. The van der Waals surface area contributed by atoms with E-state index in [1.54, 1.807) is 11.3 Å². The van der Waals surface area contributed by atoms with Crippen molar-refractivity contribution in [2.45, 2.75) is 38.3 Å². The molecule has 1 aromatic heterocycles. The first-order valence-corrected chi connectivity index (χ1v) is 8.50. The van der Waals surface area contributed by atoms with Gasteiger partial charge in [0.15, 0.2) is 0 Å². The van der Waals surface area contributed by atoms with Crippen molar-refractivity contribution in [2.24, 2.45) is 0 Å². The Balaban J connectivity index is 1.84. The molecule has 0 aliphatic heterocycles. The highest BCUT2D eigenvalue weighted by Crippen LogP contribution is 2.37. The maximum atomic E-state index is 9.31. The Morgan fingerprint density at radius 1 is 1.25 bits per heavy atom. The molecule has 1 saturated carbocycles. The molecule has 0 bridgehead atoms. The zero-order valence-electron chi connectivity index (χ0n) is 11.5. The summed E-state index contributed by atoms with van der Waals surface area (Å²) in [4.78, 5) is 3.64. The van der Waals surface area contributed by atoms with Gasteiger partial charge < -0.3 is 5.11 Å². The van der Waals surface area contributed by atoms with Gasteiger partial charge in [0.2, 0.25) is 0 Å². The predicted octanol–water partition coefficient (Wildman–Crippen LogP) is 4.29. The first-order valence-electron chi connectivity index (χ1n) is 7.30. The Morgan fingerprint density at radius 2 is 2.00 bits per heavy atom. The predicted molar refractivity (Wildman–Crippen MR) is 86.6 cm³/mol. The van der Waals surface area contributed by atoms with Crippen molar-refractivity contribution in [1.29, 1.82) is 0 Å². The quantitative estimate of drug-likeness (QED) is 0.890. The van der Waals surface area contributed by atoms with Crippen LogP contribution < -0.4 is 0 Å². The monoisotopic (exact) mass is 309 g/mol. The number of thiophene rings is 1. The van der Waals surface area contributed by atoms with Crippen molar-refractivity contribution in [1.82, 2.24) is 4.90 Å². The summed E-state index contributed by atoms with van der Waals surface area (Å²) >= 11 is 8.31. The first-order chi connectivity index (χ1) is 9.79. The van der Waals surface area contributed by atoms with Crippen LogP contribution in [0.15, 0.2) is 24.3 Å². The molecule has 0 amide bonds. The van der Waals surface area contributed by atoms with Crippen LogP contribution >= 0.6 is 22.9 Å². The highest BCUT2D eigenvalue weighted by atomic mass is 35.5. The lowest BCUT2D eigenvalue weighted by atomic mass is 10.2. The van der Waals surface area contributed by atoms with Gasteiger partial charge >= 0.3 is 0 Å². The van der Waals surface area contributed by atoms with Crippen LogP contribution in [-0.4, -0.2) is 29.2 Å². The van der Waals surface area contributed by atoms with E-state index in [4.69, 9.17) is 11.6 Å². The van der Waals surface area contributed by atoms with Crippen LogP contribution in [0.5, 0.6) is 0 Å². The fourth-order valence-electron chi connectivity index (χ4n) is 3.14. The van der Waals surface area contributed by atoms with Crippen LogP contribution in [0.25, 0.3) is 10.1 Å². The maximum absolute atomic E-state index is 9.31. The van der Waals surface area contributed by atoms with Gasteiger partial charge in [0.25, 0.3) is 0 Å². The molecule has 0 atom stereocenters. The molecule has 1 aromatic carbocycles. The summed E-state index contributed by atoms with van der Waals surface area (Å²) in [6, 6.07) is 8.92. The SMILES string of the molecule is OCCN(Cc1sc2ccccc2c1Cl)C1CCCC1. The number of nitrogens with zero attached hydrogens (tertiary/aromatic N) is 1. The van der Waals surface area contributed by atoms with E-state index in [9.17, 15) is 5.11 Å². The van der Waals surface area contributed by atoms with E-state index >= 15 is 0 Å². The average molecular weight is 310 g/mol. The van der Waals surface area contributed by atoms with Crippen LogP contribution in [0, 0.1) is 0 Å². The topological polar surface area (TPSA) is 23.5 Å². The molecule has 1 N–H and O–H groups in total. The summed E-state index contributed by atoms with van der Waals surface area (Å²) in [6.45, 7) is 1.83. The van der Waals surface area contributed by atoms with Crippen molar-refractivity contribution < 1.29 is 5.11 Å². The smallest absolute Gasteiger partial charge is 0.0637 e. The minimum absolute atomic E-state index is 0.221. The molecule has 0 saturated heterocycles. The Kier molecular flexibility index (Phi) is 4.61. The molecule has 0 radical (unpaired) electrons. The Bertz CT molecular complexity index is 577. The Morgan fingerprint density at radius 3 is 2.70 bits per heavy atom. The minimum atomic E-state index is 0.221. The van der Waals surface area contributed by atoms with Gasteiger partial charge in [-0.2, -0.15) is 0 Å². The number of hydrogen-bond acceptors (Lipinski definition) is 3. The molecule has 0 unspecified atom stereocenters. The van der Waals surface area contributed by atoms with Gasteiger partial charge in [-0.1, -0.05) is 42.6 Å². The van der Waals surface area contributed by atoms with Gasteiger partial charge in [-0.05, 0) is 18.9 Å². The molecule has 108 valence electrons. The zero-order valence-corrected chi connectivity index (χ0v) is 13.1. The van der Waals surface area contributed by atoms with Gasteiger partial charge in [0.05, 0.1) is 11.6 Å². The second-order valence-electron chi connectivity index (χ2n) is 5.47. The molecule has 2 aromatic rings. The van der Waals surface area contributed by atoms with Gasteiger partial charge in [-0.15, -0.1) is 11.3 Å². The summed E-state index contributed by atoms with van der Waals surface area (Å²) in [7, 11) is 0. The number of aliphatic hydroxyl groups excluding tert-OH is 1. The maximum Gasteiger partial charge on any atom is 0.0637 e. The lowest BCUT2D eigenvalue weighted by Crippen LogP contribution is -2.34. The van der Waals surface area contributed by atoms with Crippen molar-refractivity contribution in [3.05, 3.63) is 34.2 Å². The van der Waals surface area contributed by atoms with Crippen molar-refractivity contribution in [3.8, 4) is 0 Å². The average Bonchev–Trinajstić information content (AvgIpc) is 3.08. The normalized spacial score (nSPS) is 16.6. The van der Waals surface area contributed by atoms with Gasteiger partial charge in [-0.3, -0.25) is 4.90 Å². The van der Waals surface area contributed by atoms with E-state index < -0.39 is 0 Å². The standard InChI is InChI=1S/C16H20ClNOS/c17-16-13-7-3-4-8-14(13)20-15(16)11-18(9-10-19)12-5-1-2-6-12/h3-4,7-8,12,19H,1-2,5-6,9-11H2. The van der Waals surface area contributed by atoms with Crippen molar-refractivity contribution in [2.75, 3.05) is 13.2 Å². The number of hydrogen-bond donors (Lipinski definition) is 1. The van der Waals surface area contributed by atoms with Gasteiger partial charge in [0, 0.05) is 34.1 Å². The largest absolute Gasteiger partial charge is 0.395 e. The van der Waals surface area contributed by atoms with Gasteiger partial charge in [-0.25, -0.2) is 0 Å². The van der Waals surface area contributed by atoms with Crippen LogP contribution in [0.3, 0.4) is 0 Å². The number of halogens is 1. The molecule has 1 aliphatic carbocycles. The summed E-state index contributed by atoms with van der Waals surface area (Å²) in [5.74, 6) is 0. The van der Waals surface area contributed by atoms with Crippen LogP contribution in [0.4, 0.5) is 0 Å². The van der Waals surface area contributed by atoms with E-state index in [0.29, 0.717) is 6.04 Å². The lowest BCUT2D eigenvalue weighted by Gasteiger charge is -2.27. The molecular formula is C16H20ClNOS. The molecule has 1 heterocycles. The second kappa shape index (κ2) is 6.44. The van der Waals surface area contributed by atoms with E-state index in [-0.39, 0.29) is 6.61 Å². The number of rotatable bonds is 5. The third-order valence-electron chi connectivity index (χ3n) is 4.18. The molecule has 1 aliphatic rings. The fourth-order valence-corrected chi connectivity index (χ4v) is 4.66. The molecule has 1 fully saturated rings. The molecule has 0 spiro atoms. The number of aliphatic hydroxyl groups is 1. The number of benzene rings is 1. The molecule has 2 nitrogen and oxygen atoms in total. The molecule has 3 rings (SSSR count). The van der Waals surface area contributed by atoms with Crippen LogP contribution in [0.2, 0.25) is 5.02 Å². The van der Waals surface area contributed by atoms with Gasteiger partial charge in [0.1, 0.15) is 0 Å². The summed E-state index contributed by atoms with van der Waals surface area (Å²) in [6.07, 6.45) is 5.13. The lowest BCUT2D eigenvalue weighted by molar-refractivity contribution is 0.146.